The van der Waals surface area contributed by atoms with Gasteiger partial charge >= 0.3 is 0 Å². The zero-order valence-electron chi connectivity index (χ0n) is 6.96. The number of unbranched alkanes of at least 4 members (excludes halogenated alkanes) is 1. The maximum atomic E-state index is 2.24. The van der Waals surface area contributed by atoms with Gasteiger partial charge in [0.1, 0.15) is 0 Å². The second-order valence-electron chi connectivity index (χ2n) is 2.57. The van der Waals surface area contributed by atoms with Gasteiger partial charge in [0.15, 0.2) is 0 Å². The van der Waals surface area contributed by atoms with E-state index in [1.165, 1.54) is 32.9 Å². The molecule has 0 atom stereocenters. The van der Waals surface area contributed by atoms with Crippen LogP contribution in [0.15, 0.2) is 30.3 Å². The van der Waals surface area contributed by atoms with E-state index in [1.807, 2.05) is 0 Å². The number of hydrogen-bond acceptors (Lipinski definition) is 0. The lowest BCUT2D eigenvalue weighted by atomic mass is 10.4. The van der Waals surface area contributed by atoms with Gasteiger partial charge in [-0.2, -0.15) is 0 Å². The van der Waals surface area contributed by atoms with Crippen molar-refractivity contribution in [3.63, 3.8) is 0 Å². The molecule has 0 saturated heterocycles. The van der Waals surface area contributed by atoms with E-state index in [0.717, 1.165) is 0 Å². The monoisotopic (exact) mass is 165 g/mol. The third kappa shape index (κ3) is 3.53. The molecule has 0 unspecified atom stereocenters. The van der Waals surface area contributed by atoms with Crippen molar-refractivity contribution in [2.45, 2.75) is 19.8 Å². The average Bonchev–Trinajstić information content (AvgIpc) is 2.07. The summed E-state index contributed by atoms with van der Waals surface area (Å²) >= 11 is 0. The van der Waals surface area contributed by atoms with E-state index in [2.05, 4.69) is 37.3 Å². The van der Waals surface area contributed by atoms with Crippen LogP contribution in [0.2, 0.25) is 0 Å². The normalized spacial score (nSPS) is 11.0. The molecule has 0 aromatic heterocycles. The predicted molar refractivity (Wildman–Crippen MR) is 52.8 cm³/mol. The van der Waals surface area contributed by atoms with Gasteiger partial charge in [-0.3, -0.25) is 0 Å². The summed E-state index contributed by atoms with van der Waals surface area (Å²) < 4.78 is 0. The van der Waals surface area contributed by atoms with E-state index in [0.29, 0.717) is 0 Å². The van der Waals surface area contributed by atoms with E-state index >= 15 is 0 Å². The number of rotatable bonds is 4. The second-order valence-corrected chi connectivity index (χ2v) is 3.85. The minimum atomic E-state index is 1.31. The van der Waals surface area contributed by atoms with E-state index in [9.17, 15) is 0 Å². The first-order chi connectivity index (χ1) is 5.43. The van der Waals surface area contributed by atoms with Gasteiger partial charge in [0.25, 0.3) is 0 Å². The number of benzene rings is 1. The zero-order valence-corrected chi connectivity index (χ0v) is 7.85. The highest BCUT2D eigenvalue weighted by atomic mass is 31.1. The molecule has 0 bridgehead atoms. The Morgan fingerprint density at radius 2 is 1.91 bits per heavy atom. The first kappa shape index (κ1) is 8.74. The Kier molecular flexibility index (Phi) is 4.23. The molecular weight excluding hydrogens is 151 g/mol. The largest absolute Gasteiger partial charge is 0.0654 e. The molecular formula is C10H14P. The molecule has 59 valence electrons. The average molecular weight is 165 g/mol. The van der Waals surface area contributed by atoms with Gasteiger partial charge in [-0.1, -0.05) is 43.7 Å². The topological polar surface area (TPSA) is 0 Å². The van der Waals surface area contributed by atoms with Gasteiger partial charge in [-0.25, -0.2) is 0 Å². The molecule has 0 nitrogen and oxygen atoms in total. The quantitative estimate of drug-likeness (QED) is 0.475. The molecule has 0 saturated carbocycles. The summed E-state index contributed by atoms with van der Waals surface area (Å²) in [5, 5.41) is 1.45. The molecule has 0 fully saturated rings. The standard InChI is InChI=1S/C10H14P/c1-2-3-9-11-10-7-5-4-6-8-10/h4-8H,2-3,9H2,1H3. The minimum Gasteiger partial charge on any atom is -0.0654 e. The highest BCUT2D eigenvalue weighted by Crippen LogP contribution is 2.11. The van der Waals surface area contributed by atoms with Crippen LogP contribution in [0.1, 0.15) is 19.8 Å². The van der Waals surface area contributed by atoms with Crippen molar-refractivity contribution in [2.75, 3.05) is 6.16 Å². The third-order valence-corrected chi connectivity index (χ3v) is 2.77. The van der Waals surface area contributed by atoms with Crippen LogP contribution in [0.4, 0.5) is 0 Å². The fourth-order valence-corrected chi connectivity index (χ4v) is 2.02. The predicted octanol–water partition coefficient (Wildman–Crippen LogP) is 3.06. The Morgan fingerprint density at radius 3 is 2.55 bits per heavy atom. The Balaban J connectivity index is 2.28. The van der Waals surface area contributed by atoms with Crippen LogP contribution in [0.3, 0.4) is 0 Å². The molecule has 0 amide bonds. The molecule has 0 aliphatic carbocycles. The highest BCUT2D eigenvalue weighted by Gasteiger charge is 1.90. The van der Waals surface area contributed by atoms with Crippen molar-refractivity contribution in [3.8, 4) is 0 Å². The Hall–Kier alpha value is -0.350. The van der Waals surface area contributed by atoms with Gasteiger partial charge in [0.2, 0.25) is 0 Å². The Bertz CT molecular complexity index is 181. The SMILES string of the molecule is CCCC[P]c1ccccc1. The lowest BCUT2D eigenvalue weighted by Crippen LogP contribution is -1.92. The summed E-state index contributed by atoms with van der Waals surface area (Å²) in [5.41, 5.74) is 0. The maximum absolute atomic E-state index is 2.24. The summed E-state index contributed by atoms with van der Waals surface area (Å²) in [4.78, 5) is 0. The van der Waals surface area contributed by atoms with Gasteiger partial charge in [-0.05, 0) is 26.5 Å². The maximum Gasteiger partial charge on any atom is -0.0193 e. The minimum absolute atomic E-state index is 1.31. The second kappa shape index (κ2) is 5.32. The van der Waals surface area contributed by atoms with Crippen LogP contribution in [0.5, 0.6) is 0 Å². The van der Waals surface area contributed by atoms with E-state index in [4.69, 9.17) is 0 Å². The lowest BCUT2D eigenvalue weighted by Gasteiger charge is -1.97. The van der Waals surface area contributed by atoms with Crippen molar-refractivity contribution < 1.29 is 0 Å². The fourth-order valence-electron chi connectivity index (χ4n) is 0.900. The van der Waals surface area contributed by atoms with Crippen LogP contribution in [0.25, 0.3) is 0 Å². The molecule has 1 heteroatoms. The van der Waals surface area contributed by atoms with Crippen LogP contribution < -0.4 is 5.30 Å². The van der Waals surface area contributed by atoms with Gasteiger partial charge in [0.05, 0.1) is 0 Å². The smallest absolute Gasteiger partial charge is 0.0193 e. The zero-order chi connectivity index (χ0) is 7.94. The lowest BCUT2D eigenvalue weighted by molar-refractivity contribution is 0.895. The first-order valence-corrected chi connectivity index (χ1v) is 5.24. The van der Waals surface area contributed by atoms with Crippen molar-refractivity contribution >= 4 is 13.9 Å². The number of hydrogen-bond donors (Lipinski definition) is 0. The van der Waals surface area contributed by atoms with Crippen LogP contribution in [0, 0.1) is 0 Å². The molecule has 0 N–H and O–H groups in total. The van der Waals surface area contributed by atoms with Crippen LogP contribution >= 0.6 is 8.58 Å². The summed E-state index contributed by atoms with van der Waals surface area (Å²) in [5.74, 6) is 0. The summed E-state index contributed by atoms with van der Waals surface area (Å²) in [6.45, 7) is 2.24. The summed E-state index contributed by atoms with van der Waals surface area (Å²) in [6, 6.07) is 10.7. The van der Waals surface area contributed by atoms with Crippen molar-refractivity contribution in [1.29, 1.82) is 0 Å². The summed E-state index contributed by atoms with van der Waals surface area (Å²) in [6.07, 6.45) is 3.96. The van der Waals surface area contributed by atoms with Crippen molar-refractivity contribution in [2.24, 2.45) is 0 Å². The Morgan fingerprint density at radius 1 is 1.18 bits per heavy atom. The molecule has 0 heterocycles. The van der Waals surface area contributed by atoms with Crippen LogP contribution in [-0.4, -0.2) is 6.16 Å². The molecule has 0 spiro atoms. The van der Waals surface area contributed by atoms with Crippen LogP contribution in [-0.2, 0) is 0 Å². The van der Waals surface area contributed by atoms with Crippen molar-refractivity contribution in [3.05, 3.63) is 30.3 Å². The molecule has 0 aliphatic rings. The molecule has 1 aromatic carbocycles. The van der Waals surface area contributed by atoms with Gasteiger partial charge < -0.3 is 0 Å². The molecule has 1 radical (unpaired) electrons. The van der Waals surface area contributed by atoms with Gasteiger partial charge in [-0.15, -0.1) is 0 Å². The van der Waals surface area contributed by atoms with E-state index < -0.39 is 0 Å². The highest BCUT2D eigenvalue weighted by molar-refractivity contribution is 7.47. The third-order valence-electron chi connectivity index (χ3n) is 1.56. The molecule has 0 aliphatic heterocycles. The van der Waals surface area contributed by atoms with E-state index in [-0.39, 0.29) is 0 Å². The van der Waals surface area contributed by atoms with E-state index in [1.54, 1.807) is 0 Å². The van der Waals surface area contributed by atoms with Crippen molar-refractivity contribution in [1.82, 2.24) is 0 Å². The van der Waals surface area contributed by atoms with Gasteiger partial charge in [0, 0.05) is 0 Å². The molecule has 1 aromatic rings. The summed E-state index contributed by atoms with van der Waals surface area (Å²) in [7, 11) is 1.48. The molecule has 1 rings (SSSR count). The first-order valence-electron chi connectivity index (χ1n) is 4.16. The molecule has 11 heavy (non-hydrogen) atoms. The Labute approximate surface area is 70.8 Å². The fraction of sp³-hybridized carbons (Fsp3) is 0.400.